The molecule has 0 atom stereocenters. The molecule has 3 aliphatic rings. The van der Waals surface area contributed by atoms with Gasteiger partial charge < -0.3 is 24.7 Å². The predicted octanol–water partition coefficient (Wildman–Crippen LogP) is 6.97. The summed E-state index contributed by atoms with van der Waals surface area (Å²) in [6, 6.07) is 15.4. The van der Waals surface area contributed by atoms with Crippen molar-refractivity contribution in [3.05, 3.63) is 54.2 Å². The maximum Gasteiger partial charge on any atom is 0.319 e. The second-order valence-corrected chi connectivity index (χ2v) is 11.9. The number of aryl methyl sites for hydroxylation is 2. The van der Waals surface area contributed by atoms with Crippen LogP contribution in [0, 0.1) is 6.92 Å². The smallest absolute Gasteiger partial charge is 0.319 e. The molecule has 1 saturated heterocycles. The number of ether oxygens (including phenoxy) is 2. The fourth-order valence-electron chi connectivity index (χ4n) is 6.37. The molecule has 1 aliphatic heterocycles. The zero-order valence-corrected chi connectivity index (χ0v) is 24.0. The Morgan fingerprint density at radius 2 is 1.76 bits per heavy atom. The second-order valence-electron chi connectivity index (χ2n) is 11.9. The van der Waals surface area contributed by atoms with E-state index >= 15 is 0 Å². The molecule has 0 bridgehead atoms. The van der Waals surface area contributed by atoms with Gasteiger partial charge in [-0.25, -0.2) is 4.79 Å². The Kier molecular flexibility index (Phi) is 6.95. The van der Waals surface area contributed by atoms with Crippen molar-refractivity contribution in [2.45, 2.75) is 76.5 Å². The lowest BCUT2D eigenvalue weighted by Crippen LogP contribution is -2.41. The maximum absolute atomic E-state index is 12.5. The van der Waals surface area contributed by atoms with Crippen LogP contribution in [-0.4, -0.2) is 45.7 Å². The summed E-state index contributed by atoms with van der Waals surface area (Å²) in [4.78, 5) is 12.5. The van der Waals surface area contributed by atoms with Crippen molar-refractivity contribution in [1.29, 1.82) is 0 Å². The van der Waals surface area contributed by atoms with E-state index in [4.69, 9.17) is 14.6 Å². The average molecular weight is 554 g/mol. The predicted molar refractivity (Wildman–Crippen MR) is 161 cm³/mol. The summed E-state index contributed by atoms with van der Waals surface area (Å²) >= 11 is 0. The molecule has 3 fully saturated rings. The van der Waals surface area contributed by atoms with Crippen LogP contribution in [0.5, 0.6) is 5.75 Å². The molecule has 7 rings (SSSR count). The summed E-state index contributed by atoms with van der Waals surface area (Å²) in [5.41, 5.74) is 7.59. The molecule has 3 heterocycles. The average Bonchev–Trinajstić information content (AvgIpc) is 3.42. The van der Waals surface area contributed by atoms with Crippen molar-refractivity contribution in [3.8, 4) is 28.3 Å². The van der Waals surface area contributed by atoms with Gasteiger partial charge in [-0.2, -0.15) is 5.10 Å². The van der Waals surface area contributed by atoms with Gasteiger partial charge in [0.1, 0.15) is 11.9 Å². The van der Waals surface area contributed by atoms with Crippen LogP contribution in [0.1, 0.15) is 63.0 Å². The highest BCUT2D eigenvalue weighted by Gasteiger charge is 2.30. The number of carbonyl (C=O) groups is 1. The number of amides is 2. The molecular weight excluding hydrogens is 514 g/mol. The van der Waals surface area contributed by atoms with E-state index < -0.39 is 0 Å². The number of hydrogen-bond donors (Lipinski definition) is 2. The van der Waals surface area contributed by atoms with Crippen molar-refractivity contribution in [1.82, 2.24) is 19.7 Å². The van der Waals surface area contributed by atoms with Crippen molar-refractivity contribution in [2.75, 3.05) is 18.5 Å². The lowest BCUT2D eigenvalue weighted by molar-refractivity contribution is 0.0256. The third-order valence-corrected chi connectivity index (χ3v) is 8.99. The van der Waals surface area contributed by atoms with Crippen molar-refractivity contribution in [3.63, 3.8) is 0 Å². The van der Waals surface area contributed by atoms with Gasteiger partial charge in [-0.1, -0.05) is 12.1 Å². The topological polar surface area (TPSA) is 82.3 Å². The number of fused-ring (bicyclic) bond motifs is 1. The molecule has 2 aromatic heterocycles. The van der Waals surface area contributed by atoms with Crippen LogP contribution in [0.4, 0.5) is 10.5 Å². The summed E-state index contributed by atoms with van der Waals surface area (Å²) in [5, 5.41) is 12.2. The Bertz CT molecular complexity index is 1560. The van der Waals surface area contributed by atoms with Crippen LogP contribution in [-0.2, 0) is 11.8 Å². The van der Waals surface area contributed by atoms with Crippen molar-refractivity contribution < 1.29 is 14.3 Å². The van der Waals surface area contributed by atoms with Gasteiger partial charge in [-0.3, -0.25) is 4.68 Å². The van der Waals surface area contributed by atoms with E-state index in [1.165, 1.54) is 29.4 Å². The SMILES string of the molecule is Cc1cn(C)nc1-c1c(-c2ccc(NC(=O)NC3CCC3)cc2)n(C2CCC2)c2cc(OC3CCOCC3)ccc12. The molecule has 0 spiro atoms. The van der Waals surface area contributed by atoms with E-state index in [1.54, 1.807) is 0 Å². The van der Waals surface area contributed by atoms with Gasteiger partial charge in [0.25, 0.3) is 0 Å². The minimum Gasteiger partial charge on any atom is -0.490 e. The van der Waals surface area contributed by atoms with Gasteiger partial charge in [-0.15, -0.1) is 0 Å². The number of nitrogens with zero attached hydrogens (tertiary/aromatic N) is 3. The molecular formula is C33H39N5O3. The first kappa shape index (κ1) is 26.1. The Morgan fingerprint density at radius 1 is 1.00 bits per heavy atom. The molecule has 0 radical (unpaired) electrons. The number of nitrogens with one attached hydrogen (secondary N) is 2. The van der Waals surface area contributed by atoms with E-state index in [-0.39, 0.29) is 12.1 Å². The summed E-state index contributed by atoms with van der Waals surface area (Å²) in [6.45, 7) is 3.65. The molecule has 4 aromatic rings. The Hall–Kier alpha value is -3.78. The molecule has 2 saturated carbocycles. The minimum absolute atomic E-state index is 0.132. The lowest BCUT2D eigenvalue weighted by Gasteiger charge is -2.30. The zero-order chi connectivity index (χ0) is 27.9. The monoisotopic (exact) mass is 553 g/mol. The largest absolute Gasteiger partial charge is 0.490 e. The molecule has 2 aromatic carbocycles. The van der Waals surface area contributed by atoms with Gasteiger partial charge >= 0.3 is 6.03 Å². The van der Waals surface area contributed by atoms with E-state index in [0.717, 1.165) is 85.6 Å². The van der Waals surface area contributed by atoms with Crippen molar-refractivity contribution >= 4 is 22.6 Å². The van der Waals surface area contributed by atoms with Gasteiger partial charge in [-0.05, 0) is 80.8 Å². The minimum atomic E-state index is -0.132. The molecule has 2 amide bonds. The van der Waals surface area contributed by atoms with Crippen LogP contribution in [0.15, 0.2) is 48.7 Å². The first-order valence-corrected chi connectivity index (χ1v) is 15.1. The highest BCUT2D eigenvalue weighted by molar-refractivity contribution is 6.05. The summed E-state index contributed by atoms with van der Waals surface area (Å²) in [7, 11) is 1.98. The second kappa shape index (κ2) is 10.9. The fourth-order valence-corrected chi connectivity index (χ4v) is 6.37. The van der Waals surface area contributed by atoms with E-state index in [2.05, 4.69) is 58.7 Å². The van der Waals surface area contributed by atoms with Gasteiger partial charge in [0.2, 0.25) is 0 Å². The van der Waals surface area contributed by atoms with Crippen molar-refractivity contribution in [2.24, 2.45) is 7.05 Å². The normalized spacial score (nSPS) is 18.2. The van der Waals surface area contributed by atoms with Crippen LogP contribution < -0.4 is 15.4 Å². The summed E-state index contributed by atoms with van der Waals surface area (Å²) in [5.74, 6) is 0.912. The molecule has 0 unspecified atom stereocenters. The number of hydrogen-bond acceptors (Lipinski definition) is 4. The highest BCUT2D eigenvalue weighted by Crippen LogP contribution is 2.47. The molecule has 2 N–H and O–H groups in total. The number of benzene rings is 2. The summed E-state index contributed by atoms with van der Waals surface area (Å²) < 4.78 is 16.4. The van der Waals surface area contributed by atoms with Crippen LogP contribution >= 0.6 is 0 Å². The quantitative estimate of drug-likeness (QED) is 0.259. The van der Waals surface area contributed by atoms with Gasteiger partial charge in [0, 0.05) is 60.9 Å². The van der Waals surface area contributed by atoms with Crippen LogP contribution in [0.25, 0.3) is 33.4 Å². The molecule has 8 nitrogen and oxygen atoms in total. The zero-order valence-electron chi connectivity index (χ0n) is 24.0. The van der Waals surface area contributed by atoms with Crippen LogP contribution in [0.2, 0.25) is 0 Å². The number of urea groups is 1. The molecule has 214 valence electrons. The first-order valence-electron chi connectivity index (χ1n) is 15.1. The standard InChI is InChI=1S/C33H39N5O3/c1-21-20-37(2)36-31(21)30-28-14-13-27(41-26-15-17-40-18-16-26)19-29(28)38(25-7-4-8-25)32(30)22-9-11-24(12-10-22)35-33(39)34-23-5-3-6-23/h9-14,19-20,23,25-26H,3-8,15-18H2,1-2H3,(H2,34,35,39). The summed E-state index contributed by atoms with van der Waals surface area (Å²) in [6.07, 6.45) is 11.0. The third kappa shape index (κ3) is 5.10. The van der Waals surface area contributed by atoms with E-state index in [0.29, 0.717) is 12.1 Å². The molecule has 2 aliphatic carbocycles. The third-order valence-electron chi connectivity index (χ3n) is 8.99. The number of aromatic nitrogens is 3. The lowest BCUT2D eigenvalue weighted by atomic mass is 9.92. The van der Waals surface area contributed by atoms with E-state index in [9.17, 15) is 4.79 Å². The first-order chi connectivity index (χ1) is 20.0. The highest BCUT2D eigenvalue weighted by atomic mass is 16.5. The Morgan fingerprint density at radius 3 is 2.39 bits per heavy atom. The van der Waals surface area contributed by atoms with E-state index in [1.807, 2.05) is 23.9 Å². The Balaban J connectivity index is 1.32. The number of anilines is 1. The molecule has 41 heavy (non-hydrogen) atoms. The number of rotatable bonds is 7. The Labute approximate surface area is 241 Å². The van der Waals surface area contributed by atoms with Gasteiger partial charge in [0.05, 0.1) is 30.1 Å². The molecule has 8 heteroatoms. The number of carbonyl (C=O) groups excluding carboxylic acids is 1. The maximum atomic E-state index is 12.5. The van der Waals surface area contributed by atoms with Gasteiger partial charge in [0.15, 0.2) is 0 Å². The fraction of sp³-hybridized carbons (Fsp3) is 0.455. The van der Waals surface area contributed by atoms with Crippen LogP contribution in [0.3, 0.4) is 0 Å².